The first-order valence-corrected chi connectivity index (χ1v) is 8.68. The van der Waals surface area contributed by atoms with E-state index in [-0.39, 0.29) is 5.91 Å². The van der Waals surface area contributed by atoms with Crippen LogP contribution in [0.25, 0.3) is 0 Å². The summed E-state index contributed by atoms with van der Waals surface area (Å²) in [5.41, 5.74) is 5.11. The second kappa shape index (κ2) is 7.51. The van der Waals surface area contributed by atoms with E-state index in [1.165, 1.54) is 0 Å². The molecule has 0 unspecified atom stereocenters. The summed E-state index contributed by atoms with van der Waals surface area (Å²) in [6.07, 6.45) is 1.61. The van der Waals surface area contributed by atoms with Crippen LogP contribution in [0, 0.1) is 10.5 Å². The molecule has 2 aromatic rings. The summed E-state index contributed by atoms with van der Waals surface area (Å²) in [6, 6.07) is 11.2. The number of amides is 1. The Morgan fingerprint density at radius 2 is 1.76 bits per heavy atom. The molecule has 6 heteroatoms. The van der Waals surface area contributed by atoms with Crippen LogP contribution < -0.4 is 5.43 Å². The number of carbonyl (C=O) groups is 1. The number of hydrogen-bond acceptors (Lipinski definition) is 2. The second-order valence-corrected chi connectivity index (χ2v) is 7.27. The lowest BCUT2D eigenvalue weighted by molar-refractivity contribution is 0.0955. The molecule has 0 bridgehead atoms. The van der Waals surface area contributed by atoms with E-state index in [2.05, 4.69) is 65.0 Å². The van der Waals surface area contributed by atoms with E-state index in [1.54, 1.807) is 18.3 Å². The molecule has 2 aromatic carbocycles. The molecule has 0 saturated heterocycles. The van der Waals surface area contributed by atoms with E-state index in [0.717, 1.165) is 23.6 Å². The fraction of sp³-hybridized carbons (Fsp3) is 0.0667. The van der Waals surface area contributed by atoms with Crippen molar-refractivity contribution in [3.63, 3.8) is 0 Å². The largest absolute Gasteiger partial charge is 0.271 e. The molecular weight excluding hydrogens is 511 g/mol. The minimum atomic E-state index is -0.229. The van der Waals surface area contributed by atoms with Gasteiger partial charge in [-0.3, -0.25) is 4.79 Å². The van der Waals surface area contributed by atoms with Gasteiger partial charge in [0.2, 0.25) is 0 Å². The van der Waals surface area contributed by atoms with Crippen LogP contribution >= 0.6 is 54.5 Å². The van der Waals surface area contributed by atoms with E-state index in [1.807, 2.05) is 31.2 Å². The third kappa shape index (κ3) is 4.62. The van der Waals surface area contributed by atoms with Gasteiger partial charge < -0.3 is 0 Å². The smallest absolute Gasteiger partial charge is 0.267 e. The number of nitrogens with one attached hydrogen (secondary N) is 1. The third-order valence-electron chi connectivity index (χ3n) is 2.79. The van der Waals surface area contributed by atoms with Crippen LogP contribution in [0.15, 0.2) is 50.4 Å². The summed E-state index contributed by atoms with van der Waals surface area (Å²) in [7, 11) is 0. The quantitative estimate of drug-likeness (QED) is 0.349. The Bertz CT molecular complexity index is 676. The molecule has 0 aliphatic heterocycles. The molecule has 21 heavy (non-hydrogen) atoms. The average molecular weight is 522 g/mol. The van der Waals surface area contributed by atoms with Crippen LogP contribution in [0.4, 0.5) is 0 Å². The second-order valence-electron chi connectivity index (χ2n) is 4.32. The molecule has 0 aliphatic carbocycles. The zero-order valence-electron chi connectivity index (χ0n) is 11.0. The minimum Gasteiger partial charge on any atom is -0.267 e. The molecule has 1 N–H and O–H groups in total. The fourth-order valence-electron chi connectivity index (χ4n) is 1.57. The molecule has 2 rings (SSSR count). The van der Waals surface area contributed by atoms with Crippen molar-refractivity contribution in [3.05, 3.63) is 65.6 Å². The van der Waals surface area contributed by atoms with Crippen LogP contribution in [0.3, 0.4) is 0 Å². The predicted octanol–water partition coefficient (Wildman–Crippen LogP) is 4.89. The van der Waals surface area contributed by atoms with E-state index in [9.17, 15) is 4.79 Å². The van der Waals surface area contributed by atoms with Gasteiger partial charge >= 0.3 is 0 Å². The van der Waals surface area contributed by atoms with Crippen molar-refractivity contribution < 1.29 is 4.79 Å². The highest BCUT2D eigenvalue weighted by Gasteiger charge is 2.04. The van der Waals surface area contributed by atoms with E-state index < -0.39 is 0 Å². The van der Waals surface area contributed by atoms with Gasteiger partial charge in [-0.2, -0.15) is 5.10 Å². The maximum Gasteiger partial charge on any atom is 0.271 e. The summed E-state index contributed by atoms with van der Waals surface area (Å²) >= 11 is 9.16. The van der Waals surface area contributed by atoms with Crippen molar-refractivity contribution in [1.82, 2.24) is 5.43 Å². The third-order valence-corrected chi connectivity index (χ3v) is 5.16. The van der Waals surface area contributed by atoms with Gasteiger partial charge in [0.25, 0.3) is 5.91 Å². The van der Waals surface area contributed by atoms with Crippen molar-refractivity contribution in [2.24, 2.45) is 5.10 Å². The zero-order valence-corrected chi connectivity index (χ0v) is 16.4. The molecule has 3 nitrogen and oxygen atoms in total. The normalized spacial score (nSPS) is 10.9. The number of rotatable bonds is 3. The van der Waals surface area contributed by atoms with E-state index >= 15 is 0 Å². The number of halogens is 3. The van der Waals surface area contributed by atoms with E-state index in [4.69, 9.17) is 0 Å². The molecule has 0 saturated carbocycles. The first-order chi connectivity index (χ1) is 9.97. The van der Waals surface area contributed by atoms with Gasteiger partial charge in [-0.1, -0.05) is 31.9 Å². The maximum atomic E-state index is 11.9. The van der Waals surface area contributed by atoms with Crippen LogP contribution in [0.2, 0.25) is 0 Å². The van der Waals surface area contributed by atoms with Crippen LogP contribution in [-0.4, -0.2) is 12.1 Å². The van der Waals surface area contributed by atoms with Crippen LogP contribution in [0.5, 0.6) is 0 Å². The highest BCUT2D eigenvalue weighted by molar-refractivity contribution is 14.1. The lowest BCUT2D eigenvalue weighted by Crippen LogP contribution is -2.17. The van der Waals surface area contributed by atoms with Gasteiger partial charge in [0, 0.05) is 18.1 Å². The van der Waals surface area contributed by atoms with E-state index in [0.29, 0.717) is 5.56 Å². The Morgan fingerprint density at radius 1 is 1.19 bits per heavy atom. The van der Waals surface area contributed by atoms with Crippen molar-refractivity contribution >= 4 is 66.6 Å². The summed E-state index contributed by atoms with van der Waals surface area (Å²) in [5, 5.41) is 3.98. The first-order valence-electron chi connectivity index (χ1n) is 6.02. The van der Waals surface area contributed by atoms with Crippen molar-refractivity contribution in [1.29, 1.82) is 0 Å². The van der Waals surface area contributed by atoms with Crippen LogP contribution in [-0.2, 0) is 0 Å². The number of hydrogen-bond donors (Lipinski definition) is 1. The number of hydrazone groups is 1. The van der Waals surface area contributed by atoms with Gasteiger partial charge in [0.15, 0.2) is 0 Å². The standard InChI is InChI=1S/C15H11Br2IN2O/c1-9-13(16)6-10(7-14(9)17)8-19-20-15(21)11-2-4-12(18)5-3-11/h2-8H,1H3,(H,20,21)/b19-8-. The van der Waals surface area contributed by atoms with Crippen molar-refractivity contribution in [2.45, 2.75) is 6.92 Å². The van der Waals surface area contributed by atoms with Gasteiger partial charge in [-0.25, -0.2) is 5.43 Å². The topological polar surface area (TPSA) is 41.5 Å². The average Bonchev–Trinajstić information content (AvgIpc) is 2.45. The Kier molecular flexibility index (Phi) is 5.95. The summed E-state index contributed by atoms with van der Waals surface area (Å²) in [4.78, 5) is 11.9. The predicted molar refractivity (Wildman–Crippen MR) is 101 cm³/mol. The lowest BCUT2D eigenvalue weighted by Gasteiger charge is -2.03. The molecule has 108 valence electrons. The monoisotopic (exact) mass is 520 g/mol. The molecule has 0 heterocycles. The fourth-order valence-corrected chi connectivity index (χ4v) is 3.15. The highest BCUT2D eigenvalue weighted by atomic mass is 127. The Morgan fingerprint density at radius 3 is 2.33 bits per heavy atom. The number of benzene rings is 2. The molecule has 0 atom stereocenters. The molecule has 0 aliphatic rings. The number of nitrogens with zero attached hydrogens (tertiary/aromatic N) is 1. The summed E-state index contributed by atoms with van der Waals surface area (Å²) in [5.74, 6) is -0.229. The molecule has 1 amide bonds. The van der Waals surface area contributed by atoms with Crippen molar-refractivity contribution in [2.75, 3.05) is 0 Å². The van der Waals surface area contributed by atoms with Crippen LogP contribution in [0.1, 0.15) is 21.5 Å². The molecule has 0 radical (unpaired) electrons. The Hall–Kier alpha value is -0.730. The molecular formula is C15H11Br2IN2O. The molecule has 0 fully saturated rings. The van der Waals surface area contributed by atoms with Gasteiger partial charge in [0.05, 0.1) is 6.21 Å². The molecule has 0 aromatic heterocycles. The maximum absolute atomic E-state index is 11.9. The highest BCUT2D eigenvalue weighted by Crippen LogP contribution is 2.25. The Labute approximate surface area is 153 Å². The zero-order chi connectivity index (χ0) is 15.4. The summed E-state index contributed by atoms with van der Waals surface area (Å²) in [6.45, 7) is 2.01. The SMILES string of the molecule is Cc1c(Br)cc(/C=N\NC(=O)c2ccc(I)cc2)cc1Br. The molecule has 0 spiro atoms. The lowest BCUT2D eigenvalue weighted by atomic mass is 10.2. The first kappa shape index (κ1) is 16.6. The van der Waals surface area contributed by atoms with Gasteiger partial charge in [0.1, 0.15) is 0 Å². The van der Waals surface area contributed by atoms with Gasteiger partial charge in [-0.15, -0.1) is 0 Å². The van der Waals surface area contributed by atoms with Crippen molar-refractivity contribution in [3.8, 4) is 0 Å². The number of carbonyl (C=O) groups excluding carboxylic acids is 1. The Balaban J connectivity index is 2.05. The van der Waals surface area contributed by atoms with Gasteiger partial charge in [-0.05, 0) is 77.0 Å². The summed E-state index contributed by atoms with van der Waals surface area (Å²) < 4.78 is 3.06. The minimum absolute atomic E-state index is 0.229.